The first-order valence-corrected chi connectivity index (χ1v) is 8.47. The Morgan fingerprint density at radius 3 is 2.73 bits per heavy atom. The summed E-state index contributed by atoms with van der Waals surface area (Å²) in [4.78, 5) is 25.0. The Kier molecular flexibility index (Phi) is 5.56. The lowest BCUT2D eigenvalue weighted by atomic mass is 10.1. The average molecular weight is 431 g/mol. The summed E-state index contributed by atoms with van der Waals surface area (Å²) in [6.45, 7) is -0.290. The molecule has 4 atom stereocenters. The van der Waals surface area contributed by atoms with Gasteiger partial charge in [-0.3, -0.25) is 14.3 Å². The van der Waals surface area contributed by atoms with E-state index in [4.69, 9.17) is 14.2 Å². The molecule has 140 valence electrons. The molecule has 2 heterocycles. The van der Waals surface area contributed by atoms with Crippen LogP contribution in [0.4, 0.5) is 4.39 Å². The van der Waals surface area contributed by atoms with Gasteiger partial charge in [-0.05, 0) is 28.1 Å². The molecule has 0 amide bonds. The molecule has 0 aliphatic carbocycles. The number of aromatic amines is 1. The monoisotopic (exact) mass is 430 g/mol. The molecule has 0 saturated carbocycles. The Balaban J connectivity index is 1.63. The van der Waals surface area contributed by atoms with E-state index in [0.29, 0.717) is 5.75 Å². The number of hydrogen-bond donors (Lipinski definition) is 2. The van der Waals surface area contributed by atoms with Crippen molar-refractivity contribution in [3.05, 3.63) is 63.4 Å². The highest BCUT2D eigenvalue weighted by Gasteiger charge is 2.57. The van der Waals surface area contributed by atoms with Gasteiger partial charge in [-0.1, -0.05) is 18.2 Å². The molecule has 8 nitrogen and oxygen atoms in total. The number of aliphatic hydroxyl groups excluding tert-OH is 1. The van der Waals surface area contributed by atoms with E-state index < -0.39 is 34.3 Å². The van der Waals surface area contributed by atoms with E-state index in [1.807, 2.05) is 11.1 Å². The van der Waals surface area contributed by atoms with E-state index in [2.05, 4.69) is 15.9 Å². The minimum Gasteiger partial charge on any atom is -0.468 e. The lowest BCUT2D eigenvalue weighted by molar-refractivity contribution is -0.0878. The minimum absolute atomic E-state index is 0.124. The number of H-pyrrole nitrogens is 1. The molecule has 1 aromatic carbocycles. The van der Waals surface area contributed by atoms with E-state index in [1.54, 1.807) is 24.3 Å². The molecule has 10 heteroatoms. The maximum absolute atomic E-state index is 14.9. The van der Waals surface area contributed by atoms with Crippen LogP contribution in [0.3, 0.4) is 0 Å². The molecule has 0 spiro atoms. The van der Waals surface area contributed by atoms with Crippen LogP contribution in [-0.4, -0.2) is 44.8 Å². The van der Waals surface area contributed by atoms with Crippen molar-refractivity contribution < 1.29 is 23.7 Å². The summed E-state index contributed by atoms with van der Waals surface area (Å²) in [5, 5.41) is 10.2. The number of alkyl halides is 2. The van der Waals surface area contributed by atoms with E-state index in [-0.39, 0.29) is 13.4 Å². The summed E-state index contributed by atoms with van der Waals surface area (Å²) in [5.41, 5.74) is -1.48. The summed E-state index contributed by atoms with van der Waals surface area (Å²) in [5.74, 6) is 0.596. The maximum Gasteiger partial charge on any atom is 0.330 e. The Bertz CT molecular complexity index is 856. The zero-order valence-electron chi connectivity index (χ0n) is 13.4. The van der Waals surface area contributed by atoms with Crippen LogP contribution < -0.4 is 16.0 Å². The summed E-state index contributed by atoms with van der Waals surface area (Å²) in [7, 11) is 0. The van der Waals surface area contributed by atoms with Crippen LogP contribution in [0.1, 0.15) is 6.23 Å². The molecule has 0 radical (unpaired) electrons. The number of ether oxygens (including phenoxy) is 3. The third-order valence-electron chi connectivity index (χ3n) is 3.82. The smallest absolute Gasteiger partial charge is 0.330 e. The molecule has 2 N–H and O–H groups in total. The Morgan fingerprint density at radius 2 is 2.04 bits per heavy atom. The molecule has 1 fully saturated rings. The number of halogens is 2. The lowest BCUT2D eigenvalue weighted by Crippen LogP contribution is -2.41. The highest BCUT2D eigenvalue weighted by molar-refractivity contribution is 9.10. The van der Waals surface area contributed by atoms with Gasteiger partial charge in [0.2, 0.25) is 4.58 Å². The Labute approximate surface area is 155 Å². The Morgan fingerprint density at radius 1 is 1.31 bits per heavy atom. The van der Waals surface area contributed by atoms with Gasteiger partial charge in [0, 0.05) is 12.3 Å². The van der Waals surface area contributed by atoms with Crippen LogP contribution >= 0.6 is 15.9 Å². The van der Waals surface area contributed by atoms with Crippen LogP contribution in [-0.2, 0) is 9.47 Å². The fourth-order valence-electron chi connectivity index (χ4n) is 2.51. The van der Waals surface area contributed by atoms with Crippen LogP contribution in [0, 0.1) is 0 Å². The summed E-state index contributed by atoms with van der Waals surface area (Å²) >= 11 is 2.77. The van der Waals surface area contributed by atoms with Gasteiger partial charge >= 0.3 is 5.69 Å². The van der Waals surface area contributed by atoms with Crippen molar-refractivity contribution in [2.45, 2.75) is 23.0 Å². The molecule has 26 heavy (non-hydrogen) atoms. The third-order valence-corrected chi connectivity index (χ3v) is 4.68. The first-order chi connectivity index (χ1) is 12.4. The number of nitrogens with zero attached hydrogens (tertiary/aromatic N) is 1. The molecule has 1 saturated heterocycles. The SMILES string of the molecule is O=c1ccn([C@@H]2O[C@H](COCOc3ccccc3)[C@@H](O)[C@]2(F)Br)c(=O)[nH]1. The van der Waals surface area contributed by atoms with Gasteiger partial charge in [-0.15, -0.1) is 0 Å². The van der Waals surface area contributed by atoms with Crippen LogP contribution in [0.15, 0.2) is 52.2 Å². The van der Waals surface area contributed by atoms with E-state index in [9.17, 15) is 19.1 Å². The van der Waals surface area contributed by atoms with Gasteiger partial charge < -0.3 is 19.3 Å². The first-order valence-electron chi connectivity index (χ1n) is 7.68. The molecule has 0 unspecified atom stereocenters. The molecular formula is C16H16BrFN2O6. The molecule has 3 rings (SSSR count). The number of nitrogens with one attached hydrogen (secondary N) is 1. The van der Waals surface area contributed by atoms with Crippen molar-refractivity contribution in [3.63, 3.8) is 0 Å². The topological polar surface area (TPSA) is 103 Å². The largest absolute Gasteiger partial charge is 0.468 e. The van der Waals surface area contributed by atoms with Crippen molar-refractivity contribution in [2.24, 2.45) is 0 Å². The van der Waals surface area contributed by atoms with Crippen molar-refractivity contribution in [3.8, 4) is 5.75 Å². The van der Waals surface area contributed by atoms with Gasteiger partial charge in [0.05, 0.1) is 6.61 Å². The number of para-hydroxylation sites is 1. The highest BCUT2D eigenvalue weighted by atomic mass is 79.9. The standard InChI is InChI=1S/C16H16BrFN2O6/c17-16(18)13(22)11(8-24-9-25-10-4-2-1-3-5-10)26-14(16)20-7-6-12(21)19-15(20)23/h1-7,11,13-14,22H,8-9H2,(H,19,21,23)/t11-,13-,14-,16-/m1/s1. The van der Waals surface area contributed by atoms with Gasteiger partial charge in [0.1, 0.15) is 18.0 Å². The molecular weight excluding hydrogens is 415 g/mol. The van der Waals surface area contributed by atoms with Crippen molar-refractivity contribution in [2.75, 3.05) is 13.4 Å². The Hall–Kier alpha value is -2.01. The fourth-order valence-corrected chi connectivity index (χ4v) is 3.13. The summed E-state index contributed by atoms with van der Waals surface area (Å²) in [6, 6.07) is 9.98. The molecule has 2 aromatic rings. The second-order valence-electron chi connectivity index (χ2n) is 5.61. The molecule has 1 aliphatic rings. The molecule has 0 bridgehead atoms. The van der Waals surface area contributed by atoms with Crippen molar-refractivity contribution in [1.29, 1.82) is 0 Å². The molecule has 1 aromatic heterocycles. The second kappa shape index (κ2) is 7.70. The first kappa shape index (κ1) is 18.8. The van der Waals surface area contributed by atoms with E-state index >= 15 is 0 Å². The predicted molar refractivity (Wildman–Crippen MR) is 91.9 cm³/mol. The van der Waals surface area contributed by atoms with E-state index in [0.717, 1.165) is 16.8 Å². The maximum atomic E-state index is 14.9. The van der Waals surface area contributed by atoms with Gasteiger partial charge in [0.15, 0.2) is 13.0 Å². The van der Waals surface area contributed by atoms with Crippen LogP contribution in [0.25, 0.3) is 0 Å². The van der Waals surface area contributed by atoms with Crippen molar-refractivity contribution in [1.82, 2.24) is 9.55 Å². The third kappa shape index (κ3) is 3.88. The van der Waals surface area contributed by atoms with Crippen LogP contribution in [0.2, 0.25) is 0 Å². The van der Waals surface area contributed by atoms with Crippen LogP contribution in [0.5, 0.6) is 5.75 Å². The normalized spacial score (nSPS) is 28.2. The number of benzene rings is 1. The zero-order chi connectivity index (χ0) is 18.7. The van der Waals surface area contributed by atoms with Crippen molar-refractivity contribution >= 4 is 15.9 Å². The van der Waals surface area contributed by atoms with Gasteiger partial charge in [-0.2, -0.15) is 0 Å². The fraction of sp³-hybridized carbons (Fsp3) is 0.375. The lowest BCUT2D eigenvalue weighted by Gasteiger charge is -2.22. The van der Waals surface area contributed by atoms with E-state index in [1.165, 1.54) is 0 Å². The summed E-state index contributed by atoms with van der Waals surface area (Å²) < 4.78 is 29.3. The number of hydrogen-bond acceptors (Lipinski definition) is 6. The zero-order valence-corrected chi connectivity index (χ0v) is 15.0. The number of aliphatic hydroxyl groups is 1. The minimum atomic E-state index is -2.44. The summed E-state index contributed by atoms with van der Waals surface area (Å²) in [6.07, 6.45) is -3.05. The van der Waals surface area contributed by atoms with Gasteiger partial charge in [0.25, 0.3) is 5.56 Å². The average Bonchev–Trinajstić information content (AvgIpc) is 2.83. The number of rotatable bonds is 6. The highest BCUT2D eigenvalue weighted by Crippen LogP contribution is 2.45. The quantitative estimate of drug-likeness (QED) is 0.401. The molecule has 1 aliphatic heterocycles. The second-order valence-corrected chi connectivity index (χ2v) is 6.83. The number of aromatic nitrogens is 2. The predicted octanol–water partition coefficient (Wildman–Crippen LogP) is 0.909. The van der Waals surface area contributed by atoms with Gasteiger partial charge in [-0.25, -0.2) is 9.18 Å².